The van der Waals surface area contributed by atoms with Gasteiger partial charge in [0, 0.05) is 26.2 Å². The van der Waals surface area contributed by atoms with Crippen molar-refractivity contribution in [2.45, 2.75) is 38.3 Å². The van der Waals surface area contributed by atoms with Crippen LogP contribution in [0.25, 0.3) is 0 Å². The molecule has 22 heavy (non-hydrogen) atoms. The molecule has 6 rings (SSSR count). The van der Waals surface area contributed by atoms with E-state index in [9.17, 15) is 0 Å². The van der Waals surface area contributed by atoms with Crippen molar-refractivity contribution in [2.24, 2.45) is 0 Å². The van der Waals surface area contributed by atoms with Gasteiger partial charge in [0.1, 0.15) is 12.6 Å². The Morgan fingerprint density at radius 2 is 0.773 bits per heavy atom. The van der Waals surface area contributed by atoms with Crippen LogP contribution in [0, 0.1) is 0 Å². The Kier molecular flexibility index (Phi) is 2.83. The molecule has 0 unspecified atom stereocenters. The van der Waals surface area contributed by atoms with Crippen LogP contribution in [0.15, 0.2) is 0 Å². The molecule has 0 aromatic rings. The van der Waals surface area contributed by atoms with Gasteiger partial charge in [-0.2, -0.15) is 0 Å². The second-order valence-electron chi connectivity index (χ2n) is 7.96. The van der Waals surface area contributed by atoms with Gasteiger partial charge in [-0.05, 0) is 51.9 Å². The first-order valence-corrected chi connectivity index (χ1v) is 9.45. The Labute approximate surface area is 134 Å². The minimum Gasteiger partial charge on any atom is -0.305 e. The molecule has 0 N–H and O–H groups in total. The molecule has 6 heterocycles. The number of hydrogen-bond donors (Lipinski definition) is 0. The fourth-order valence-corrected chi connectivity index (χ4v) is 6.33. The summed E-state index contributed by atoms with van der Waals surface area (Å²) in [6, 6.07) is 0. The molecular formula is C14H26B2N6. The van der Waals surface area contributed by atoms with Gasteiger partial charge in [0.25, 0.3) is 0 Å². The first-order chi connectivity index (χ1) is 10.9. The number of rotatable bonds is 0. The summed E-state index contributed by atoms with van der Waals surface area (Å²) in [5, 5.41) is 0. The van der Waals surface area contributed by atoms with Crippen molar-refractivity contribution in [3.8, 4) is 0 Å². The van der Waals surface area contributed by atoms with E-state index in [0.717, 1.165) is 0 Å². The quantitative estimate of drug-likeness (QED) is 0.534. The lowest BCUT2D eigenvalue weighted by molar-refractivity contribution is -0.0774. The maximum Gasteiger partial charge on any atom is 0.317 e. The van der Waals surface area contributed by atoms with E-state index in [2.05, 4.69) is 29.0 Å². The summed E-state index contributed by atoms with van der Waals surface area (Å²) in [6.07, 6.45) is 6.64. The molecule has 6 aliphatic heterocycles. The number of nitrogens with zero attached hydrogens (tertiary/aromatic N) is 6. The summed E-state index contributed by atoms with van der Waals surface area (Å²) in [5.41, 5.74) is 0. The Hall–Kier alpha value is -0.110. The standard InChI is InChI=1S/C14H26B2N6/c1-5-17-6-2-10-20-13(17)19(9-1)15-16(20)22-12-4-8-18-7-3-11-21(15)14(18)22/h13-14H,1-12H2. The molecule has 0 saturated carbocycles. The molecule has 8 heteroatoms. The molecule has 6 nitrogen and oxygen atoms in total. The van der Waals surface area contributed by atoms with Crippen LogP contribution >= 0.6 is 0 Å². The Bertz CT molecular complexity index is 402. The third kappa shape index (κ3) is 1.54. The lowest BCUT2D eigenvalue weighted by Crippen LogP contribution is -2.68. The lowest BCUT2D eigenvalue weighted by Gasteiger charge is -2.54. The molecule has 118 valence electrons. The monoisotopic (exact) mass is 300 g/mol. The van der Waals surface area contributed by atoms with Gasteiger partial charge < -0.3 is 19.2 Å². The topological polar surface area (TPSA) is 19.4 Å². The van der Waals surface area contributed by atoms with E-state index in [4.69, 9.17) is 0 Å². The maximum atomic E-state index is 2.86. The highest BCUT2D eigenvalue weighted by Gasteiger charge is 2.68. The van der Waals surface area contributed by atoms with E-state index in [0.29, 0.717) is 26.3 Å². The molecule has 0 aliphatic carbocycles. The van der Waals surface area contributed by atoms with E-state index < -0.39 is 0 Å². The number of fused-ring (bicyclic) bond motifs is 5. The Morgan fingerprint density at radius 3 is 1.09 bits per heavy atom. The molecule has 6 saturated heterocycles. The van der Waals surface area contributed by atoms with E-state index in [1.54, 1.807) is 0 Å². The smallest absolute Gasteiger partial charge is 0.305 e. The van der Waals surface area contributed by atoms with E-state index >= 15 is 0 Å². The van der Waals surface area contributed by atoms with Gasteiger partial charge in [-0.25, -0.2) is 0 Å². The predicted octanol–water partition coefficient (Wildman–Crippen LogP) is -0.938. The molecule has 6 fully saturated rings. The average Bonchev–Trinajstić information content (AvgIpc) is 3.07. The van der Waals surface area contributed by atoms with Crippen molar-refractivity contribution in [1.82, 2.24) is 29.0 Å². The normalized spacial score (nSPS) is 36.0. The number of hydrogen-bond acceptors (Lipinski definition) is 6. The second-order valence-corrected chi connectivity index (χ2v) is 7.96. The van der Waals surface area contributed by atoms with Gasteiger partial charge in [-0.1, -0.05) is 0 Å². The van der Waals surface area contributed by atoms with E-state index in [-0.39, 0.29) is 0 Å². The van der Waals surface area contributed by atoms with Gasteiger partial charge in [0.15, 0.2) is 0 Å². The highest BCUT2D eigenvalue weighted by molar-refractivity contribution is 7.19. The van der Waals surface area contributed by atoms with Gasteiger partial charge in [-0.3, -0.25) is 9.80 Å². The molecule has 0 aromatic carbocycles. The fourth-order valence-electron chi connectivity index (χ4n) is 6.33. The second kappa shape index (κ2) is 4.71. The van der Waals surface area contributed by atoms with Gasteiger partial charge >= 0.3 is 13.7 Å². The summed E-state index contributed by atoms with van der Waals surface area (Å²) < 4.78 is 0. The summed E-state index contributed by atoms with van der Waals surface area (Å²) in [5.74, 6) is 0. The Morgan fingerprint density at radius 1 is 0.455 bits per heavy atom. The fraction of sp³-hybridized carbons (Fsp3) is 1.00. The van der Waals surface area contributed by atoms with Crippen LogP contribution in [-0.4, -0.2) is 108 Å². The third-order valence-electron chi connectivity index (χ3n) is 6.91. The van der Waals surface area contributed by atoms with Crippen molar-refractivity contribution in [1.29, 1.82) is 0 Å². The van der Waals surface area contributed by atoms with E-state index in [1.165, 1.54) is 78.0 Å². The van der Waals surface area contributed by atoms with Crippen LogP contribution in [0.1, 0.15) is 25.7 Å². The van der Waals surface area contributed by atoms with Crippen LogP contribution in [0.5, 0.6) is 0 Å². The van der Waals surface area contributed by atoms with Crippen LogP contribution in [0.4, 0.5) is 0 Å². The highest BCUT2D eigenvalue weighted by atomic mass is 15.6. The first-order valence-electron chi connectivity index (χ1n) is 9.45. The minimum atomic E-state index is 0.607. The molecule has 0 bridgehead atoms. The minimum absolute atomic E-state index is 0.607. The summed E-state index contributed by atoms with van der Waals surface area (Å²) >= 11 is 0. The van der Waals surface area contributed by atoms with Gasteiger partial charge in [-0.15, -0.1) is 0 Å². The van der Waals surface area contributed by atoms with Crippen molar-refractivity contribution in [2.75, 3.05) is 52.4 Å². The van der Waals surface area contributed by atoms with Crippen LogP contribution in [0.3, 0.4) is 0 Å². The van der Waals surface area contributed by atoms with Gasteiger partial charge in [0.2, 0.25) is 0 Å². The predicted molar refractivity (Wildman–Crippen MR) is 87.5 cm³/mol. The van der Waals surface area contributed by atoms with Crippen molar-refractivity contribution in [3.63, 3.8) is 0 Å². The van der Waals surface area contributed by atoms with Crippen LogP contribution < -0.4 is 0 Å². The van der Waals surface area contributed by atoms with E-state index in [1.807, 2.05) is 0 Å². The molecule has 0 atom stereocenters. The maximum absolute atomic E-state index is 2.86. The SMILES string of the molecule is C1CN2CCCN3B4B(N(C1)C23)N1CCCN2CCCN4C21. The van der Waals surface area contributed by atoms with Gasteiger partial charge in [0.05, 0.1) is 0 Å². The van der Waals surface area contributed by atoms with Crippen molar-refractivity contribution < 1.29 is 0 Å². The summed E-state index contributed by atoms with van der Waals surface area (Å²) in [4.78, 5) is 16.9. The summed E-state index contributed by atoms with van der Waals surface area (Å²) in [6.45, 7) is 11.8. The summed E-state index contributed by atoms with van der Waals surface area (Å²) in [7, 11) is 0. The lowest BCUT2D eigenvalue weighted by atomic mass is 9.34. The van der Waals surface area contributed by atoms with Crippen molar-refractivity contribution >= 4 is 13.7 Å². The average molecular weight is 300 g/mol. The zero-order valence-electron chi connectivity index (χ0n) is 13.5. The molecule has 6 aliphatic rings. The molecule has 0 radical (unpaired) electrons. The molecule has 0 aromatic heterocycles. The Balaban J connectivity index is 1.43. The van der Waals surface area contributed by atoms with Crippen LogP contribution in [-0.2, 0) is 0 Å². The molecular weight excluding hydrogens is 274 g/mol. The van der Waals surface area contributed by atoms with Crippen molar-refractivity contribution in [3.05, 3.63) is 0 Å². The first kappa shape index (κ1) is 13.2. The van der Waals surface area contributed by atoms with Crippen LogP contribution in [0.2, 0.25) is 0 Å². The zero-order valence-corrected chi connectivity index (χ0v) is 13.5. The molecule has 0 amide bonds. The molecule has 0 spiro atoms. The highest BCUT2D eigenvalue weighted by Crippen LogP contribution is 2.41. The largest absolute Gasteiger partial charge is 0.317 e. The zero-order chi connectivity index (χ0) is 14.3. The third-order valence-corrected chi connectivity index (χ3v) is 6.91.